The minimum atomic E-state index is -0.605. The van der Waals surface area contributed by atoms with Crippen molar-refractivity contribution in [3.8, 4) is 11.5 Å². The van der Waals surface area contributed by atoms with Crippen LogP contribution >= 0.6 is 0 Å². The van der Waals surface area contributed by atoms with E-state index in [1.165, 1.54) is 0 Å². The second-order valence-electron chi connectivity index (χ2n) is 4.45. The Bertz CT molecular complexity index is 580. The highest BCUT2D eigenvalue weighted by Crippen LogP contribution is 2.38. The van der Waals surface area contributed by atoms with E-state index in [1.807, 2.05) is 0 Å². The summed E-state index contributed by atoms with van der Waals surface area (Å²) in [7, 11) is 0. The van der Waals surface area contributed by atoms with Gasteiger partial charge < -0.3 is 10.3 Å². The van der Waals surface area contributed by atoms with E-state index in [4.69, 9.17) is 10.3 Å². The van der Waals surface area contributed by atoms with Gasteiger partial charge in [0.15, 0.2) is 5.82 Å². The zero-order chi connectivity index (χ0) is 12.7. The van der Waals surface area contributed by atoms with Crippen molar-refractivity contribution < 1.29 is 13.3 Å². The Kier molecular flexibility index (Phi) is 2.59. The van der Waals surface area contributed by atoms with Crippen molar-refractivity contribution in [2.75, 3.05) is 0 Å². The summed E-state index contributed by atoms with van der Waals surface area (Å²) in [5.41, 5.74) is 5.86. The number of benzene rings is 1. The molecule has 1 saturated carbocycles. The number of rotatable bonds is 3. The molecule has 1 heterocycles. The summed E-state index contributed by atoms with van der Waals surface area (Å²) >= 11 is 0. The van der Waals surface area contributed by atoms with Crippen LogP contribution in [0.2, 0.25) is 0 Å². The van der Waals surface area contributed by atoms with Crippen LogP contribution in [0.3, 0.4) is 0 Å². The molecule has 1 aromatic carbocycles. The van der Waals surface area contributed by atoms with Gasteiger partial charge in [0.1, 0.15) is 11.6 Å². The maximum Gasteiger partial charge on any atom is 0.261 e. The van der Waals surface area contributed by atoms with Crippen molar-refractivity contribution >= 4 is 0 Å². The van der Waals surface area contributed by atoms with Crippen molar-refractivity contribution in [3.63, 3.8) is 0 Å². The number of hydrogen-bond acceptors (Lipinski definition) is 4. The second kappa shape index (κ2) is 4.13. The molecule has 0 bridgehead atoms. The third-order valence-electron chi connectivity index (χ3n) is 3.03. The molecule has 2 N–H and O–H groups in total. The predicted octanol–water partition coefficient (Wildman–Crippen LogP) is 2.42. The molecule has 3 rings (SSSR count). The largest absolute Gasteiger partial charge is 0.334 e. The van der Waals surface area contributed by atoms with Gasteiger partial charge in [-0.1, -0.05) is 5.16 Å². The van der Waals surface area contributed by atoms with Crippen molar-refractivity contribution in [1.29, 1.82) is 0 Å². The Labute approximate surface area is 102 Å². The van der Waals surface area contributed by atoms with Crippen LogP contribution in [0.5, 0.6) is 0 Å². The maximum absolute atomic E-state index is 13.5. The van der Waals surface area contributed by atoms with E-state index in [2.05, 4.69) is 10.1 Å². The van der Waals surface area contributed by atoms with Crippen molar-refractivity contribution in [2.24, 2.45) is 11.7 Å². The van der Waals surface area contributed by atoms with Gasteiger partial charge in [0.2, 0.25) is 0 Å². The summed E-state index contributed by atoms with van der Waals surface area (Å²) in [6.07, 6.45) is 2.08. The summed E-state index contributed by atoms with van der Waals surface area (Å²) in [5, 5.41) is 3.72. The molecular weight excluding hydrogens is 240 g/mol. The van der Waals surface area contributed by atoms with Crippen molar-refractivity contribution in [3.05, 3.63) is 35.7 Å². The lowest BCUT2D eigenvalue weighted by atomic mass is 10.2. The van der Waals surface area contributed by atoms with Gasteiger partial charge in [-0.2, -0.15) is 4.98 Å². The van der Waals surface area contributed by atoms with Gasteiger partial charge >= 0.3 is 0 Å². The van der Waals surface area contributed by atoms with E-state index in [-0.39, 0.29) is 17.5 Å². The SMILES string of the molecule is NC(c1noc(-c2cc(F)ccc2F)n1)C1CC1. The topological polar surface area (TPSA) is 64.9 Å². The monoisotopic (exact) mass is 251 g/mol. The molecule has 0 aliphatic heterocycles. The molecule has 4 nitrogen and oxygen atoms in total. The third kappa shape index (κ3) is 1.99. The predicted molar refractivity (Wildman–Crippen MR) is 59.3 cm³/mol. The fourth-order valence-electron chi connectivity index (χ4n) is 1.81. The lowest BCUT2D eigenvalue weighted by molar-refractivity contribution is 0.409. The fourth-order valence-corrected chi connectivity index (χ4v) is 1.81. The lowest BCUT2D eigenvalue weighted by Crippen LogP contribution is -2.13. The molecule has 0 amide bonds. The van der Waals surface area contributed by atoms with Gasteiger partial charge in [0.25, 0.3) is 5.89 Å². The molecule has 1 fully saturated rings. The molecule has 1 aliphatic rings. The summed E-state index contributed by atoms with van der Waals surface area (Å²) in [5.74, 6) is -0.494. The van der Waals surface area contributed by atoms with Crippen molar-refractivity contribution in [2.45, 2.75) is 18.9 Å². The first-order valence-corrected chi connectivity index (χ1v) is 5.70. The van der Waals surface area contributed by atoms with Gasteiger partial charge in [-0.15, -0.1) is 0 Å². The van der Waals surface area contributed by atoms with Gasteiger partial charge in [0, 0.05) is 0 Å². The lowest BCUT2D eigenvalue weighted by Gasteiger charge is -2.02. The van der Waals surface area contributed by atoms with Crippen LogP contribution in [-0.4, -0.2) is 10.1 Å². The average Bonchev–Trinajstić information content (AvgIpc) is 3.09. The minimum Gasteiger partial charge on any atom is -0.334 e. The number of halogens is 2. The molecule has 18 heavy (non-hydrogen) atoms. The first-order valence-electron chi connectivity index (χ1n) is 5.70. The molecule has 0 spiro atoms. The second-order valence-corrected chi connectivity index (χ2v) is 4.45. The molecule has 1 aliphatic carbocycles. The van der Waals surface area contributed by atoms with Crippen LogP contribution in [-0.2, 0) is 0 Å². The normalized spacial score (nSPS) is 16.8. The molecule has 1 aromatic heterocycles. The molecule has 2 aromatic rings. The number of aromatic nitrogens is 2. The Morgan fingerprint density at radius 2 is 2.11 bits per heavy atom. The summed E-state index contributed by atoms with van der Waals surface area (Å²) in [6, 6.07) is 2.79. The zero-order valence-electron chi connectivity index (χ0n) is 9.44. The van der Waals surface area contributed by atoms with Crippen LogP contribution in [0.4, 0.5) is 8.78 Å². The van der Waals surface area contributed by atoms with Crippen molar-refractivity contribution in [1.82, 2.24) is 10.1 Å². The van der Waals surface area contributed by atoms with E-state index in [9.17, 15) is 8.78 Å². The first-order chi connectivity index (χ1) is 8.65. The summed E-state index contributed by atoms with van der Waals surface area (Å²) in [6.45, 7) is 0. The highest BCUT2D eigenvalue weighted by Gasteiger charge is 2.32. The molecular formula is C12H11F2N3O. The Morgan fingerprint density at radius 3 is 2.83 bits per heavy atom. The van der Waals surface area contributed by atoms with Crippen LogP contribution in [0.1, 0.15) is 24.7 Å². The number of hydrogen-bond donors (Lipinski definition) is 1. The molecule has 94 valence electrons. The highest BCUT2D eigenvalue weighted by atomic mass is 19.1. The van der Waals surface area contributed by atoms with Gasteiger partial charge in [-0.25, -0.2) is 8.78 Å². The van der Waals surface area contributed by atoms with Gasteiger partial charge in [-0.05, 0) is 37.0 Å². The van der Waals surface area contributed by atoms with E-state index in [0.717, 1.165) is 31.0 Å². The first kappa shape index (κ1) is 11.3. The molecule has 0 saturated heterocycles. The standard InChI is InChI=1S/C12H11F2N3O/c13-7-3-4-9(14)8(5-7)12-16-11(17-18-12)10(15)6-1-2-6/h3-6,10H,1-2,15H2. The summed E-state index contributed by atoms with van der Waals surface area (Å²) < 4.78 is 31.5. The highest BCUT2D eigenvalue weighted by molar-refractivity contribution is 5.53. The summed E-state index contributed by atoms with van der Waals surface area (Å²) in [4.78, 5) is 4.03. The van der Waals surface area contributed by atoms with Gasteiger partial charge in [0.05, 0.1) is 11.6 Å². The third-order valence-corrected chi connectivity index (χ3v) is 3.03. The van der Waals surface area contributed by atoms with Crippen LogP contribution in [0, 0.1) is 17.6 Å². The molecule has 1 unspecified atom stereocenters. The maximum atomic E-state index is 13.5. The Balaban J connectivity index is 1.94. The fraction of sp³-hybridized carbons (Fsp3) is 0.333. The Hall–Kier alpha value is -1.82. The van der Waals surface area contributed by atoms with E-state index in [1.54, 1.807) is 0 Å². The van der Waals surface area contributed by atoms with E-state index >= 15 is 0 Å². The quantitative estimate of drug-likeness (QED) is 0.909. The molecule has 0 radical (unpaired) electrons. The molecule has 6 heteroatoms. The van der Waals surface area contributed by atoms with Gasteiger partial charge in [-0.3, -0.25) is 0 Å². The molecule has 1 atom stereocenters. The minimum absolute atomic E-state index is 0.0434. The van der Waals surface area contributed by atoms with Crippen LogP contribution in [0.25, 0.3) is 11.5 Å². The Morgan fingerprint density at radius 1 is 1.33 bits per heavy atom. The smallest absolute Gasteiger partial charge is 0.261 e. The number of nitrogens with zero attached hydrogens (tertiary/aromatic N) is 2. The van der Waals surface area contributed by atoms with E-state index in [0.29, 0.717) is 11.7 Å². The van der Waals surface area contributed by atoms with E-state index < -0.39 is 11.6 Å². The zero-order valence-corrected chi connectivity index (χ0v) is 9.44. The van der Waals surface area contributed by atoms with Crippen LogP contribution in [0.15, 0.2) is 22.7 Å². The average molecular weight is 251 g/mol. The number of nitrogens with two attached hydrogens (primary N) is 1. The van der Waals surface area contributed by atoms with Crippen LogP contribution < -0.4 is 5.73 Å².